The van der Waals surface area contributed by atoms with E-state index < -0.39 is 6.04 Å². The first-order chi connectivity index (χ1) is 9.32. The van der Waals surface area contributed by atoms with Crippen molar-refractivity contribution in [1.82, 2.24) is 4.90 Å². The molecule has 0 saturated heterocycles. The van der Waals surface area contributed by atoms with Crippen LogP contribution >= 0.6 is 0 Å². The van der Waals surface area contributed by atoms with E-state index in [1.165, 1.54) is 6.92 Å². The summed E-state index contributed by atoms with van der Waals surface area (Å²) in [6.07, 6.45) is 0. The molecule has 0 fully saturated rings. The Labute approximate surface area is 120 Å². The Hall–Kier alpha value is -1.88. The molecule has 5 nitrogen and oxygen atoms in total. The first-order valence-electron chi connectivity index (χ1n) is 6.69. The van der Waals surface area contributed by atoms with E-state index in [1.54, 1.807) is 11.9 Å². The maximum atomic E-state index is 12.0. The van der Waals surface area contributed by atoms with Gasteiger partial charge >= 0.3 is 0 Å². The van der Waals surface area contributed by atoms with Crippen LogP contribution in [-0.2, 0) is 16.1 Å². The number of nitrogens with one attached hydrogen (secondary N) is 1. The summed E-state index contributed by atoms with van der Waals surface area (Å²) in [6, 6.07) is 6.87. The van der Waals surface area contributed by atoms with Crippen molar-refractivity contribution in [1.29, 1.82) is 0 Å². The van der Waals surface area contributed by atoms with E-state index in [0.717, 1.165) is 5.56 Å². The summed E-state index contributed by atoms with van der Waals surface area (Å²) in [5.74, 6) is -0.162. The van der Waals surface area contributed by atoms with Crippen molar-refractivity contribution in [2.45, 2.75) is 33.4 Å². The Kier molecular flexibility index (Phi) is 5.70. The molecule has 0 aliphatic carbocycles. The van der Waals surface area contributed by atoms with E-state index in [9.17, 15) is 9.59 Å². The monoisotopic (exact) mass is 277 g/mol. The summed E-state index contributed by atoms with van der Waals surface area (Å²) >= 11 is 0. The lowest BCUT2D eigenvalue weighted by Gasteiger charge is -2.20. The molecule has 0 aliphatic rings. The highest BCUT2D eigenvalue weighted by Gasteiger charge is 2.18. The average Bonchev–Trinajstić information content (AvgIpc) is 2.39. The molecule has 0 aromatic heterocycles. The van der Waals surface area contributed by atoms with Crippen LogP contribution in [0.4, 0.5) is 5.69 Å². The third-order valence-electron chi connectivity index (χ3n) is 3.24. The van der Waals surface area contributed by atoms with Crippen LogP contribution in [0.5, 0.6) is 0 Å². The Balaban J connectivity index is 2.85. The lowest BCUT2D eigenvalue weighted by molar-refractivity contribution is -0.128. The fraction of sp³-hybridized carbons (Fsp3) is 0.467. The number of hydrogen-bond donors (Lipinski definition) is 2. The maximum Gasteiger partial charge on any atom is 0.241 e. The molecule has 1 aromatic rings. The number of nitrogens with two attached hydrogens (primary N) is 1. The van der Waals surface area contributed by atoms with Gasteiger partial charge < -0.3 is 16.0 Å². The van der Waals surface area contributed by atoms with Crippen molar-refractivity contribution < 1.29 is 9.59 Å². The predicted molar refractivity (Wildman–Crippen MR) is 80.0 cm³/mol. The Morgan fingerprint density at radius 3 is 2.45 bits per heavy atom. The van der Waals surface area contributed by atoms with Crippen LogP contribution in [0.3, 0.4) is 0 Å². The summed E-state index contributed by atoms with van der Waals surface area (Å²) in [5, 5.41) is 2.83. The molecular weight excluding hydrogens is 254 g/mol. The number of carbonyl (C=O) groups is 2. The second kappa shape index (κ2) is 7.05. The maximum absolute atomic E-state index is 12.0. The normalized spacial score (nSPS) is 12.1. The number of amides is 2. The highest BCUT2D eigenvalue weighted by atomic mass is 16.2. The van der Waals surface area contributed by atoms with Crippen LogP contribution in [0.15, 0.2) is 24.3 Å². The van der Waals surface area contributed by atoms with Crippen LogP contribution in [0.2, 0.25) is 0 Å². The summed E-state index contributed by atoms with van der Waals surface area (Å²) in [5.41, 5.74) is 7.41. The summed E-state index contributed by atoms with van der Waals surface area (Å²) in [4.78, 5) is 24.9. The zero-order valence-corrected chi connectivity index (χ0v) is 12.5. The lowest BCUT2D eigenvalue weighted by atomic mass is 10.0. The van der Waals surface area contributed by atoms with Gasteiger partial charge in [-0.2, -0.15) is 0 Å². The molecule has 20 heavy (non-hydrogen) atoms. The molecule has 5 heteroatoms. The van der Waals surface area contributed by atoms with Crippen molar-refractivity contribution in [3.05, 3.63) is 29.8 Å². The van der Waals surface area contributed by atoms with Crippen LogP contribution in [0.1, 0.15) is 26.3 Å². The number of hydrogen-bond acceptors (Lipinski definition) is 3. The number of carbonyl (C=O) groups excluding carboxylic acids is 2. The quantitative estimate of drug-likeness (QED) is 0.858. The van der Waals surface area contributed by atoms with Gasteiger partial charge in [-0.3, -0.25) is 9.59 Å². The molecule has 0 aliphatic heterocycles. The molecule has 3 N–H and O–H groups in total. The van der Waals surface area contributed by atoms with Crippen molar-refractivity contribution >= 4 is 17.5 Å². The summed E-state index contributed by atoms with van der Waals surface area (Å²) in [7, 11) is 1.72. The number of anilines is 1. The van der Waals surface area contributed by atoms with E-state index in [4.69, 9.17) is 5.73 Å². The van der Waals surface area contributed by atoms with Gasteiger partial charge in [0.2, 0.25) is 11.8 Å². The number of benzene rings is 1. The van der Waals surface area contributed by atoms with Crippen molar-refractivity contribution in [2.24, 2.45) is 11.7 Å². The van der Waals surface area contributed by atoms with Gasteiger partial charge in [-0.15, -0.1) is 0 Å². The van der Waals surface area contributed by atoms with Crippen LogP contribution < -0.4 is 11.1 Å². The molecule has 2 amide bonds. The minimum Gasteiger partial charge on any atom is -0.342 e. The fourth-order valence-electron chi connectivity index (χ4n) is 1.67. The van der Waals surface area contributed by atoms with Crippen LogP contribution in [-0.4, -0.2) is 29.8 Å². The SMILES string of the molecule is CC(=O)N(C)Cc1ccccc1NC(=O)C(N)C(C)C. The van der Waals surface area contributed by atoms with Crippen molar-refractivity contribution in [2.75, 3.05) is 12.4 Å². The van der Waals surface area contributed by atoms with Gasteiger partial charge in [0.15, 0.2) is 0 Å². The van der Waals surface area contributed by atoms with Gasteiger partial charge in [0.25, 0.3) is 0 Å². The molecule has 1 unspecified atom stereocenters. The third-order valence-corrected chi connectivity index (χ3v) is 3.24. The molecule has 110 valence electrons. The zero-order valence-electron chi connectivity index (χ0n) is 12.5. The molecular formula is C15H23N3O2. The van der Waals surface area contributed by atoms with Gasteiger partial charge in [0.1, 0.15) is 0 Å². The molecule has 0 bridgehead atoms. The Morgan fingerprint density at radius 1 is 1.30 bits per heavy atom. The van der Waals surface area contributed by atoms with Gasteiger partial charge in [-0.25, -0.2) is 0 Å². The Bertz CT molecular complexity index is 486. The molecule has 1 rings (SSSR count). The fourth-order valence-corrected chi connectivity index (χ4v) is 1.67. The topological polar surface area (TPSA) is 75.4 Å². The van der Waals surface area contributed by atoms with E-state index in [-0.39, 0.29) is 17.7 Å². The zero-order chi connectivity index (χ0) is 15.3. The van der Waals surface area contributed by atoms with Crippen LogP contribution in [0, 0.1) is 5.92 Å². The first-order valence-corrected chi connectivity index (χ1v) is 6.69. The minimum absolute atomic E-state index is 0.0231. The standard InChI is InChI=1S/C15H23N3O2/c1-10(2)14(16)15(20)17-13-8-6-5-7-12(13)9-18(4)11(3)19/h5-8,10,14H,9,16H2,1-4H3,(H,17,20). The Morgan fingerprint density at radius 2 is 1.90 bits per heavy atom. The van der Waals surface area contributed by atoms with E-state index in [2.05, 4.69) is 5.32 Å². The van der Waals surface area contributed by atoms with Gasteiger partial charge in [0, 0.05) is 26.2 Å². The van der Waals surface area contributed by atoms with Crippen LogP contribution in [0.25, 0.3) is 0 Å². The minimum atomic E-state index is -0.548. The largest absolute Gasteiger partial charge is 0.342 e. The second-order valence-electron chi connectivity index (χ2n) is 5.29. The average molecular weight is 277 g/mol. The molecule has 0 heterocycles. The number of nitrogens with zero attached hydrogens (tertiary/aromatic N) is 1. The van der Waals surface area contributed by atoms with Crippen molar-refractivity contribution in [3.8, 4) is 0 Å². The van der Waals surface area contributed by atoms with E-state index in [1.807, 2.05) is 38.1 Å². The van der Waals surface area contributed by atoms with Gasteiger partial charge in [-0.1, -0.05) is 32.0 Å². The van der Waals surface area contributed by atoms with E-state index in [0.29, 0.717) is 12.2 Å². The molecule has 0 spiro atoms. The first kappa shape index (κ1) is 16.2. The summed E-state index contributed by atoms with van der Waals surface area (Å²) in [6.45, 7) is 5.76. The highest BCUT2D eigenvalue weighted by molar-refractivity contribution is 5.95. The smallest absolute Gasteiger partial charge is 0.241 e. The van der Waals surface area contributed by atoms with E-state index >= 15 is 0 Å². The van der Waals surface area contributed by atoms with Gasteiger partial charge in [-0.05, 0) is 17.5 Å². The van der Waals surface area contributed by atoms with Gasteiger partial charge in [0.05, 0.1) is 6.04 Å². The second-order valence-corrected chi connectivity index (χ2v) is 5.29. The molecule has 1 atom stereocenters. The predicted octanol–water partition coefficient (Wildman–Crippen LogP) is 1.59. The number of rotatable bonds is 5. The molecule has 1 aromatic carbocycles. The highest BCUT2D eigenvalue weighted by Crippen LogP contribution is 2.17. The number of para-hydroxylation sites is 1. The summed E-state index contributed by atoms with van der Waals surface area (Å²) < 4.78 is 0. The molecule has 0 saturated carbocycles. The lowest BCUT2D eigenvalue weighted by Crippen LogP contribution is -2.40. The molecule has 0 radical (unpaired) electrons. The van der Waals surface area contributed by atoms with Crippen molar-refractivity contribution in [3.63, 3.8) is 0 Å². The third kappa shape index (κ3) is 4.35.